The van der Waals surface area contributed by atoms with Gasteiger partial charge in [-0.2, -0.15) is 0 Å². The van der Waals surface area contributed by atoms with E-state index in [-0.39, 0.29) is 24.1 Å². The first-order valence-electron chi connectivity index (χ1n) is 5.32. The molecule has 0 aliphatic rings. The molecule has 1 unspecified atom stereocenters. The van der Waals surface area contributed by atoms with E-state index in [9.17, 15) is 18.5 Å². The van der Waals surface area contributed by atoms with E-state index >= 15 is 0 Å². The third-order valence-electron chi connectivity index (χ3n) is 2.34. The lowest BCUT2D eigenvalue weighted by Gasteiger charge is -2.10. The molecule has 0 aliphatic heterocycles. The highest BCUT2D eigenvalue weighted by Crippen LogP contribution is 2.26. The molecule has 0 radical (unpaired) electrons. The number of aliphatic hydroxyl groups excluding tert-OH is 1. The summed E-state index contributed by atoms with van der Waals surface area (Å²) in [4.78, 5) is 9.57. The van der Waals surface area contributed by atoms with Crippen molar-refractivity contribution in [1.29, 1.82) is 0 Å². The lowest BCUT2D eigenvalue weighted by Crippen LogP contribution is -2.30. The van der Waals surface area contributed by atoms with Crippen molar-refractivity contribution < 1.29 is 18.4 Å². The number of nitrogens with zero attached hydrogens (tertiary/aromatic N) is 1. The number of hydrogen-bond acceptors (Lipinski definition) is 5. The molecule has 0 saturated heterocycles. The molecule has 0 fully saturated rings. The summed E-state index contributed by atoms with van der Waals surface area (Å²) < 4.78 is 26.1. The molecule has 0 aliphatic carbocycles. The molecule has 0 saturated carbocycles. The zero-order valence-corrected chi connectivity index (χ0v) is 11.6. The fourth-order valence-electron chi connectivity index (χ4n) is 1.25. The van der Waals surface area contributed by atoms with Crippen LogP contribution in [0, 0.1) is 16.0 Å². The van der Waals surface area contributed by atoms with Crippen LogP contribution in [0.5, 0.6) is 0 Å². The maximum atomic E-state index is 11.9. The second kappa shape index (κ2) is 6.29. The van der Waals surface area contributed by atoms with Gasteiger partial charge in [-0.3, -0.25) is 10.1 Å². The second-order valence-electron chi connectivity index (χ2n) is 4.01. The van der Waals surface area contributed by atoms with Crippen LogP contribution in [-0.2, 0) is 10.0 Å². The van der Waals surface area contributed by atoms with Crippen LogP contribution in [0.2, 0.25) is 5.02 Å². The van der Waals surface area contributed by atoms with Crippen LogP contribution in [0.4, 0.5) is 5.69 Å². The number of halogens is 1. The van der Waals surface area contributed by atoms with E-state index < -0.39 is 25.5 Å². The Morgan fingerprint density at radius 2 is 2.16 bits per heavy atom. The summed E-state index contributed by atoms with van der Waals surface area (Å²) in [5.41, 5.74) is -0.586. The van der Waals surface area contributed by atoms with Crippen molar-refractivity contribution in [2.45, 2.75) is 11.8 Å². The van der Waals surface area contributed by atoms with Crippen molar-refractivity contribution in [1.82, 2.24) is 4.72 Å². The van der Waals surface area contributed by atoms with Gasteiger partial charge in [-0.25, -0.2) is 13.1 Å². The van der Waals surface area contributed by atoms with Gasteiger partial charge in [-0.1, -0.05) is 18.5 Å². The van der Waals surface area contributed by atoms with Crippen LogP contribution in [0.15, 0.2) is 23.1 Å². The SMILES string of the molecule is CC(CO)CNS(=O)(=O)c1ccc(Cl)cc1[N+](=O)[O-]. The largest absolute Gasteiger partial charge is 0.396 e. The van der Waals surface area contributed by atoms with Crippen LogP contribution >= 0.6 is 11.6 Å². The number of nitro groups is 1. The first-order chi connectivity index (χ1) is 8.77. The summed E-state index contributed by atoms with van der Waals surface area (Å²) in [7, 11) is -4.02. The molecule has 0 heterocycles. The molecule has 106 valence electrons. The van der Waals surface area contributed by atoms with Crippen LogP contribution < -0.4 is 4.72 Å². The van der Waals surface area contributed by atoms with Gasteiger partial charge >= 0.3 is 0 Å². The van der Waals surface area contributed by atoms with Gasteiger partial charge in [-0.05, 0) is 18.1 Å². The minimum Gasteiger partial charge on any atom is -0.396 e. The second-order valence-corrected chi connectivity index (χ2v) is 6.18. The van der Waals surface area contributed by atoms with Gasteiger partial charge in [0, 0.05) is 24.2 Å². The number of aliphatic hydroxyl groups is 1. The summed E-state index contributed by atoms with van der Waals surface area (Å²) >= 11 is 5.61. The van der Waals surface area contributed by atoms with Gasteiger partial charge in [0.05, 0.1) is 4.92 Å². The number of rotatable bonds is 6. The molecular weight excluding hydrogens is 296 g/mol. The monoisotopic (exact) mass is 308 g/mol. The van der Waals surface area contributed by atoms with Gasteiger partial charge in [0.2, 0.25) is 10.0 Å². The number of nitrogens with one attached hydrogen (secondary N) is 1. The number of hydrogen-bond donors (Lipinski definition) is 2. The maximum Gasteiger partial charge on any atom is 0.290 e. The van der Waals surface area contributed by atoms with Gasteiger partial charge in [0.1, 0.15) is 0 Å². The summed E-state index contributed by atoms with van der Waals surface area (Å²) in [5.74, 6) is -0.291. The predicted octanol–water partition coefficient (Wildman–Crippen LogP) is 1.15. The predicted molar refractivity (Wildman–Crippen MR) is 69.5 cm³/mol. The highest BCUT2D eigenvalue weighted by Gasteiger charge is 2.26. The molecule has 0 spiro atoms. The fraction of sp³-hybridized carbons (Fsp3) is 0.400. The third-order valence-corrected chi connectivity index (χ3v) is 4.05. The Bertz CT molecular complexity index is 575. The van der Waals surface area contributed by atoms with E-state index in [4.69, 9.17) is 16.7 Å². The number of nitro benzene ring substituents is 1. The summed E-state index contributed by atoms with van der Waals surface area (Å²) in [6.45, 7) is 1.43. The average molecular weight is 309 g/mol. The zero-order chi connectivity index (χ0) is 14.6. The van der Waals surface area contributed by atoms with Crippen molar-refractivity contribution in [3.63, 3.8) is 0 Å². The van der Waals surface area contributed by atoms with Crippen LogP contribution in [0.25, 0.3) is 0 Å². The Kier molecular flexibility index (Phi) is 5.24. The van der Waals surface area contributed by atoms with Gasteiger partial charge in [-0.15, -0.1) is 0 Å². The van der Waals surface area contributed by atoms with E-state index in [1.807, 2.05) is 0 Å². The highest BCUT2D eigenvalue weighted by molar-refractivity contribution is 7.89. The van der Waals surface area contributed by atoms with Crippen LogP contribution in [-0.4, -0.2) is 31.6 Å². The van der Waals surface area contributed by atoms with Crippen molar-refractivity contribution in [3.8, 4) is 0 Å². The van der Waals surface area contributed by atoms with Crippen LogP contribution in [0.3, 0.4) is 0 Å². The fourth-order valence-corrected chi connectivity index (χ4v) is 2.74. The normalized spacial score (nSPS) is 13.2. The third kappa shape index (κ3) is 4.13. The smallest absolute Gasteiger partial charge is 0.290 e. The lowest BCUT2D eigenvalue weighted by molar-refractivity contribution is -0.387. The summed E-state index contributed by atoms with van der Waals surface area (Å²) in [5, 5.41) is 19.7. The van der Waals surface area contributed by atoms with Gasteiger partial charge in [0.25, 0.3) is 5.69 Å². The van der Waals surface area contributed by atoms with E-state index in [0.717, 1.165) is 12.1 Å². The van der Waals surface area contributed by atoms with E-state index in [0.29, 0.717) is 0 Å². The minimum atomic E-state index is -4.02. The van der Waals surface area contributed by atoms with Crippen molar-refractivity contribution in [3.05, 3.63) is 33.3 Å². The first kappa shape index (κ1) is 15.8. The lowest BCUT2D eigenvalue weighted by atomic mass is 10.2. The van der Waals surface area contributed by atoms with E-state index in [2.05, 4.69) is 4.72 Å². The molecule has 2 N–H and O–H groups in total. The molecule has 7 nitrogen and oxygen atoms in total. The molecule has 1 aromatic rings. The van der Waals surface area contributed by atoms with Gasteiger partial charge in [0.15, 0.2) is 4.90 Å². The number of benzene rings is 1. The number of sulfonamides is 1. The molecule has 1 rings (SSSR count). The Morgan fingerprint density at radius 1 is 1.53 bits per heavy atom. The highest BCUT2D eigenvalue weighted by atomic mass is 35.5. The van der Waals surface area contributed by atoms with Gasteiger partial charge < -0.3 is 5.11 Å². The Labute approximate surface area is 115 Å². The van der Waals surface area contributed by atoms with Crippen LogP contribution in [0.1, 0.15) is 6.92 Å². The molecule has 0 amide bonds. The Hall–Kier alpha value is -1.22. The molecule has 1 aromatic carbocycles. The van der Waals surface area contributed by atoms with E-state index in [1.165, 1.54) is 6.07 Å². The quantitative estimate of drug-likeness (QED) is 0.605. The molecule has 19 heavy (non-hydrogen) atoms. The van der Waals surface area contributed by atoms with Crippen molar-refractivity contribution in [2.75, 3.05) is 13.2 Å². The summed E-state index contributed by atoms with van der Waals surface area (Å²) in [6, 6.07) is 3.32. The minimum absolute atomic E-state index is 0.0153. The molecule has 9 heteroatoms. The maximum absolute atomic E-state index is 11.9. The standard InChI is InChI=1S/C10H13ClN2O5S/c1-7(6-14)5-12-19(17,18)10-3-2-8(11)4-9(10)13(15)16/h2-4,7,12,14H,5-6H2,1H3. The molecule has 0 bridgehead atoms. The molecular formula is C10H13ClN2O5S. The van der Waals surface area contributed by atoms with E-state index in [1.54, 1.807) is 6.92 Å². The van der Waals surface area contributed by atoms with Crippen molar-refractivity contribution in [2.24, 2.45) is 5.92 Å². The average Bonchev–Trinajstić information content (AvgIpc) is 2.35. The zero-order valence-electron chi connectivity index (χ0n) is 10.0. The molecule has 1 atom stereocenters. The summed E-state index contributed by atoms with van der Waals surface area (Å²) in [6.07, 6.45) is 0. The molecule has 0 aromatic heterocycles. The topological polar surface area (TPSA) is 110 Å². The first-order valence-corrected chi connectivity index (χ1v) is 7.18. The Morgan fingerprint density at radius 3 is 2.68 bits per heavy atom. The van der Waals surface area contributed by atoms with Crippen molar-refractivity contribution >= 4 is 27.3 Å². The Balaban J connectivity index is 3.11.